The summed E-state index contributed by atoms with van der Waals surface area (Å²) in [5.74, 6) is 0. The Morgan fingerprint density at radius 2 is 1.96 bits per heavy atom. The molecule has 1 atom stereocenters. The highest BCUT2D eigenvalue weighted by atomic mass is 16.3. The summed E-state index contributed by atoms with van der Waals surface area (Å²) in [4.78, 5) is 14.0. The number of nitrogens with one attached hydrogen (secondary N) is 1. The second-order valence-corrected chi connectivity index (χ2v) is 6.23. The molecule has 6 heteroatoms. The first-order valence-corrected chi connectivity index (χ1v) is 8.24. The highest BCUT2D eigenvalue weighted by molar-refractivity contribution is 5.74. The van der Waals surface area contributed by atoms with Crippen molar-refractivity contribution >= 4 is 6.03 Å². The van der Waals surface area contributed by atoms with Crippen molar-refractivity contribution in [1.82, 2.24) is 20.0 Å². The molecule has 1 heterocycles. The molecule has 0 bridgehead atoms. The standard InChI is InChI=1S/C18H26N4O2/c1-14(2)22(12-15(3)23)18(24)19-11-16-7-4-5-8-17(16)13-21-10-6-9-20-21/h4-10,14-15,23H,11-13H2,1-3H3,(H,19,24). The molecule has 1 aromatic carbocycles. The summed E-state index contributed by atoms with van der Waals surface area (Å²) in [6, 6.07) is 9.74. The zero-order valence-corrected chi connectivity index (χ0v) is 14.5. The lowest BCUT2D eigenvalue weighted by atomic mass is 10.1. The average molecular weight is 330 g/mol. The van der Waals surface area contributed by atoms with Crippen molar-refractivity contribution in [2.45, 2.75) is 46.0 Å². The highest BCUT2D eigenvalue weighted by Crippen LogP contribution is 2.11. The molecule has 1 unspecified atom stereocenters. The minimum absolute atomic E-state index is 0.0268. The Hall–Kier alpha value is -2.34. The van der Waals surface area contributed by atoms with E-state index in [1.807, 2.05) is 55.1 Å². The SMILES string of the molecule is CC(O)CN(C(=O)NCc1ccccc1Cn1cccn1)C(C)C. The summed E-state index contributed by atoms with van der Waals surface area (Å²) in [5.41, 5.74) is 2.18. The molecule has 2 amide bonds. The molecule has 0 fully saturated rings. The van der Waals surface area contributed by atoms with Crippen LogP contribution in [0.3, 0.4) is 0 Å². The monoisotopic (exact) mass is 330 g/mol. The lowest BCUT2D eigenvalue weighted by molar-refractivity contribution is 0.118. The second-order valence-electron chi connectivity index (χ2n) is 6.23. The molecule has 0 aliphatic rings. The molecule has 2 aromatic rings. The van der Waals surface area contributed by atoms with Gasteiger partial charge in [-0.15, -0.1) is 0 Å². The molecule has 0 aliphatic carbocycles. The lowest BCUT2D eigenvalue weighted by Gasteiger charge is -2.28. The number of hydrogen-bond donors (Lipinski definition) is 2. The van der Waals surface area contributed by atoms with Crippen molar-refractivity contribution in [2.75, 3.05) is 6.54 Å². The number of rotatable bonds is 7. The molecular formula is C18H26N4O2. The number of urea groups is 1. The molecule has 0 spiro atoms. The number of amides is 2. The van der Waals surface area contributed by atoms with E-state index in [0.717, 1.165) is 11.1 Å². The van der Waals surface area contributed by atoms with Crippen LogP contribution in [0.25, 0.3) is 0 Å². The van der Waals surface area contributed by atoms with Crippen LogP contribution in [0.5, 0.6) is 0 Å². The predicted octanol–water partition coefficient (Wildman–Crippen LogP) is 2.23. The van der Waals surface area contributed by atoms with Gasteiger partial charge in [0.2, 0.25) is 0 Å². The van der Waals surface area contributed by atoms with E-state index >= 15 is 0 Å². The number of hydrogen-bond acceptors (Lipinski definition) is 3. The Morgan fingerprint density at radius 3 is 2.54 bits per heavy atom. The molecule has 0 aliphatic heterocycles. The highest BCUT2D eigenvalue weighted by Gasteiger charge is 2.18. The predicted molar refractivity (Wildman–Crippen MR) is 93.5 cm³/mol. The molecule has 6 nitrogen and oxygen atoms in total. The third kappa shape index (κ3) is 5.09. The zero-order valence-electron chi connectivity index (χ0n) is 14.5. The molecule has 0 saturated heterocycles. The smallest absolute Gasteiger partial charge is 0.317 e. The Balaban J connectivity index is 2.02. The first-order chi connectivity index (χ1) is 11.5. The summed E-state index contributed by atoms with van der Waals surface area (Å²) < 4.78 is 1.86. The quantitative estimate of drug-likeness (QED) is 0.818. The largest absolute Gasteiger partial charge is 0.392 e. The lowest BCUT2D eigenvalue weighted by Crippen LogP contribution is -2.46. The number of aliphatic hydroxyl groups is 1. The number of nitrogens with zero attached hydrogens (tertiary/aromatic N) is 3. The molecule has 2 rings (SSSR count). The second kappa shape index (κ2) is 8.49. The number of aromatic nitrogens is 2. The van der Waals surface area contributed by atoms with Crippen molar-refractivity contribution in [3.8, 4) is 0 Å². The van der Waals surface area contributed by atoms with E-state index < -0.39 is 6.10 Å². The zero-order chi connectivity index (χ0) is 17.5. The van der Waals surface area contributed by atoms with Crippen LogP contribution in [-0.2, 0) is 13.1 Å². The average Bonchev–Trinajstić information content (AvgIpc) is 3.04. The van der Waals surface area contributed by atoms with Gasteiger partial charge < -0.3 is 15.3 Å². The summed E-state index contributed by atoms with van der Waals surface area (Å²) in [6.45, 7) is 6.99. The Kier molecular flexibility index (Phi) is 6.37. The number of carbonyl (C=O) groups is 1. The minimum atomic E-state index is -0.551. The summed E-state index contributed by atoms with van der Waals surface area (Å²) >= 11 is 0. The molecule has 1 aromatic heterocycles. The van der Waals surface area contributed by atoms with Crippen LogP contribution < -0.4 is 5.32 Å². The third-order valence-electron chi connectivity index (χ3n) is 3.79. The Morgan fingerprint density at radius 1 is 1.25 bits per heavy atom. The van der Waals surface area contributed by atoms with Gasteiger partial charge in [-0.05, 0) is 38.0 Å². The third-order valence-corrected chi connectivity index (χ3v) is 3.79. The van der Waals surface area contributed by atoms with Crippen molar-refractivity contribution in [3.63, 3.8) is 0 Å². The Labute approximate surface area is 143 Å². The molecule has 2 N–H and O–H groups in total. The maximum Gasteiger partial charge on any atom is 0.317 e. The van der Waals surface area contributed by atoms with Crippen LogP contribution in [0.4, 0.5) is 4.79 Å². The normalized spacial score (nSPS) is 12.2. The van der Waals surface area contributed by atoms with Crippen LogP contribution in [0.1, 0.15) is 31.9 Å². The maximum absolute atomic E-state index is 12.4. The molecule has 130 valence electrons. The summed E-state index contributed by atoms with van der Waals surface area (Å²) in [5, 5.41) is 16.7. The van der Waals surface area contributed by atoms with Gasteiger partial charge in [0.15, 0.2) is 0 Å². The van der Waals surface area contributed by atoms with Crippen molar-refractivity contribution < 1.29 is 9.90 Å². The molecular weight excluding hydrogens is 304 g/mol. The van der Waals surface area contributed by atoms with Crippen molar-refractivity contribution in [1.29, 1.82) is 0 Å². The molecule has 24 heavy (non-hydrogen) atoms. The van der Waals surface area contributed by atoms with Gasteiger partial charge in [0.25, 0.3) is 0 Å². The van der Waals surface area contributed by atoms with E-state index in [4.69, 9.17) is 0 Å². The van der Waals surface area contributed by atoms with Crippen LogP contribution in [0.15, 0.2) is 42.7 Å². The van der Waals surface area contributed by atoms with E-state index in [2.05, 4.69) is 10.4 Å². The first kappa shape index (κ1) is 18.0. The molecule has 0 saturated carbocycles. The van der Waals surface area contributed by atoms with Gasteiger partial charge in [-0.3, -0.25) is 4.68 Å². The first-order valence-electron chi connectivity index (χ1n) is 8.24. The maximum atomic E-state index is 12.4. The van der Waals surface area contributed by atoms with E-state index in [9.17, 15) is 9.90 Å². The van der Waals surface area contributed by atoms with Gasteiger partial charge in [0.05, 0.1) is 12.6 Å². The van der Waals surface area contributed by atoms with Gasteiger partial charge in [-0.2, -0.15) is 5.10 Å². The van der Waals surface area contributed by atoms with E-state index in [1.165, 1.54) is 0 Å². The minimum Gasteiger partial charge on any atom is -0.392 e. The van der Waals surface area contributed by atoms with Crippen LogP contribution in [0.2, 0.25) is 0 Å². The van der Waals surface area contributed by atoms with E-state index in [1.54, 1.807) is 18.0 Å². The fraction of sp³-hybridized carbons (Fsp3) is 0.444. The van der Waals surface area contributed by atoms with E-state index in [0.29, 0.717) is 19.6 Å². The fourth-order valence-electron chi connectivity index (χ4n) is 2.54. The van der Waals surface area contributed by atoms with Crippen LogP contribution in [-0.4, -0.2) is 44.5 Å². The van der Waals surface area contributed by atoms with Gasteiger partial charge in [0, 0.05) is 31.5 Å². The van der Waals surface area contributed by atoms with Gasteiger partial charge in [-0.1, -0.05) is 24.3 Å². The summed E-state index contributed by atoms with van der Waals surface area (Å²) in [7, 11) is 0. The van der Waals surface area contributed by atoms with E-state index in [-0.39, 0.29) is 12.1 Å². The van der Waals surface area contributed by atoms with Crippen molar-refractivity contribution in [3.05, 3.63) is 53.9 Å². The number of benzene rings is 1. The van der Waals surface area contributed by atoms with Crippen LogP contribution >= 0.6 is 0 Å². The van der Waals surface area contributed by atoms with Crippen molar-refractivity contribution in [2.24, 2.45) is 0 Å². The van der Waals surface area contributed by atoms with Gasteiger partial charge in [0.1, 0.15) is 0 Å². The summed E-state index contributed by atoms with van der Waals surface area (Å²) in [6.07, 6.45) is 3.12. The fourth-order valence-corrected chi connectivity index (χ4v) is 2.54. The Bertz CT molecular complexity index is 638. The molecule has 0 radical (unpaired) electrons. The van der Waals surface area contributed by atoms with Gasteiger partial charge in [-0.25, -0.2) is 4.79 Å². The number of aliphatic hydroxyl groups excluding tert-OH is 1. The van der Waals surface area contributed by atoms with Crippen LogP contribution in [0, 0.1) is 0 Å². The van der Waals surface area contributed by atoms with Gasteiger partial charge >= 0.3 is 6.03 Å². The number of carbonyl (C=O) groups excluding carboxylic acids is 1. The topological polar surface area (TPSA) is 70.4 Å².